The number of hydrogen-bond acceptors (Lipinski definition) is 5. The number of aromatic carboxylic acids is 1. The molecule has 1 atom stereocenters. The van der Waals surface area contributed by atoms with Crippen LogP contribution < -0.4 is 10.6 Å². The van der Waals surface area contributed by atoms with Gasteiger partial charge in [0.2, 0.25) is 5.91 Å². The van der Waals surface area contributed by atoms with Gasteiger partial charge in [-0.3, -0.25) is 4.79 Å². The van der Waals surface area contributed by atoms with Crippen LogP contribution in [0.2, 0.25) is 0 Å². The molecule has 0 fully saturated rings. The van der Waals surface area contributed by atoms with Crippen molar-refractivity contribution in [2.75, 3.05) is 18.4 Å². The van der Waals surface area contributed by atoms with E-state index < -0.39 is 5.97 Å². The summed E-state index contributed by atoms with van der Waals surface area (Å²) in [6.45, 7) is 6.77. The van der Waals surface area contributed by atoms with Gasteiger partial charge in [0.15, 0.2) is 5.69 Å². The Kier molecular flexibility index (Phi) is 7.08. The summed E-state index contributed by atoms with van der Waals surface area (Å²) in [5.41, 5.74) is 1.31. The van der Waals surface area contributed by atoms with Gasteiger partial charge < -0.3 is 20.6 Å². The number of anilines is 1. The van der Waals surface area contributed by atoms with Crippen molar-refractivity contribution in [3.05, 3.63) is 41.7 Å². The molecular formula is C18H24N6O4. The van der Waals surface area contributed by atoms with Gasteiger partial charge in [0.25, 0.3) is 0 Å². The maximum Gasteiger partial charge on any atom is 0.358 e. The second-order valence-electron chi connectivity index (χ2n) is 6.12. The lowest BCUT2D eigenvalue weighted by Gasteiger charge is -2.19. The molecule has 1 aromatic carbocycles. The molecule has 10 nitrogen and oxygen atoms in total. The highest BCUT2D eigenvalue weighted by atomic mass is 16.4. The topological polar surface area (TPSA) is 129 Å². The Bertz CT molecular complexity index is 829. The van der Waals surface area contributed by atoms with Crippen molar-refractivity contribution < 1.29 is 19.5 Å². The number of carboxylic acid groups (broad SMARTS) is 1. The number of aromatic nitrogens is 3. The van der Waals surface area contributed by atoms with Crippen molar-refractivity contribution >= 4 is 23.6 Å². The third kappa shape index (κ3) is 5.53. The van der Waals surface area contributed by atoms with Crippen LogP contribution in [0.1, 0.15) is 42.9 Å². The van der Waals surface area contributed by atoms with Crippen LogP contribution >= 0.6 is 0 Å². The summed E-state index contributed by atoms with van der Waals surface area (Å²) in [5.74, 6) is -1.53. The van der Waals surface area contributed by atoms with Gasteiger partial charge >= 0.3 is 12.0 Å². The number of hydrogen-bond donors (Lipinski definition) is 3. The summed E-state index contributed by atoms with van der Waals surface area (Å²) in [5, 5.41) is 21.5. The second kappa shape index (κ2) is 9.49. The molecule has 28 heavy (non-hydrogen) atoms. The summed E-state index contributed by atoms with van der Waals surface area (Å²) in [6.07, 6.45) is 1.19. The standard InChI is InChI=1S/C18H24N6O4/c1-4-23(5-2)18(28)20-14-8-6-13(7-9-14)12(3)19-16(25)11-24-10-15(17(26)27)21-22-24/h6-10,12H,4-5,11H2,1-3H3,(H,19,25)(H,20,28)(H,26,27). The van der Waals surface area contributed by atoms with Crippen LogP contribution in [-0.2, 0) is 11.3 Å². The third-order valence-electron chi connectivity index (χ3n) is 4.15. The number of rotatable bonds is 8. The highest BCUT2D eigenvalue weighted by Crippen LogP contribution is 2.16. The minimum absolute atomic E-state index is 0.136. The Balaban J connectivity index is 1.91. The summed E-state index contributed by atoms with van der Waals surface area (Å²) in [7, 11) is 0. The van der Waals surface area contributed by atoms with Gasteiger partial charge in [0.05, 0.1) is 12.2 Å². The average molecular weight is 388 g/mol. The van der Waals surface area contributed by atoms with E-state index in [1.807, 2.05) is 32.9 Å². The monoisotopic (exact) mass is 388 g/mol. The van der Waals surface area contributed by atoms with Gasteiger partial charge in [-0.15, -0.1) is 5.10 Å². The highest BCUT2D eigenvalue weighted by molar-refractivity contribution is 5.89. The number of carboxylic acids is 1. The van der Waals surface area contributed by atoms with Crippen LogP contribution in [0.5, 0.6) is 0 Å². The minimum atomic E-state index is -1.20. The van der Waals surface area contributed by atoms with Crippen molar-refractivity contribution in [1.82, 2.24) is 25.2 Å². The lowest BCUT2D eigenvalue weighted by Crippen LogP contribution is -2.34. The minimum Gasteiger partial charge on any atom is -0.476 e. The lowest BCUT2D eigenvalue weighted by molar-refractivity contribution is -0.122. The van der Waals surface area contributed by atoms with Crippen molar-refractivity contribution in [2.24, 2.45) is 0 Å². The molecule has 150 valence electrons. The predicted molar refractivity (Wildman–Crippen MR) is 102 cm³/mol. The molecule has 0 saturated heterocycles. The summed E-state index contributed by atoms with van der Waals surface area (Å²) < 4.78 is 1.16. The Hall–Kier alpha value is -3.43. The number of urea groups is 1. The molecule has 2 rings (SSSR count). The maximum absolute atomic E-state index is 12.1. The molecule has 10 heteroatoms. The van der Waals surface area contributed by atoms with Crippen LogP contribution in [0.25, 0.3) is 0 Å². The summed E-state index contributed by atoms with van der Waals surface area (Å²) in [4.78, 5) is 36.6. The Morgan fingerprint density at radius 2 is 1.82 bits per heavy atom. The number of nitrogens with zero attached hydrogens (tertiary/aromatic N) is 4. The third-order valence-corrected chi connectivity index (χ3v) is 4.15. The van der Waals surface area contributed by atoms with Crippen molar-refractivity contribution in [2.45, 2.75) is 33.4 Å². The van der Waals surface area contributed by atoms with E-state index in [1.54, 1.807) is 17.0 Å². The van der Waals surface area contributed by atoms with Crippen LogP contribution in [0.15, 0.2) is 30.5 Å². The Morgan fingerprint density at radius 1 is 1.18 bits per heavy atom. The second-order valence-corrected chi connectivity index (χ2v) is 6.12. The van der Waals surface area contributed by atoms with Crippen LogP contribution in [0, 0.1) is 0 Å². The van der Waals surface area contributed by atoms with E-state index in [1.165, 1.54) is 6.20 Å². The number of benzene rings is 1. The number of carbonyl (C=O) groups excluding carboxylic acids is 2. The Morgan fingerprint density at radius 3 is 2.36 bits per heavy atom. The molecular weight excluding hydrogens is 364 g/mol. The van der Waals surface area contributed by atoms with Crippen molar-refractivity contribution in [3.63, 3.8) is 0 Å². The molecule has 0 aliphatic heterocycles. The number of carbonyl (C=O) groups is 3. The number of amides is 3. The van der Waals surface area contributed by atoms with Crippen LogP contribution in [0.3, 0.4) is 0 Å². The fourth-order valence-electron chi connectivity index (χ4n) is 2.56. The molecule has 1 aromatic heterocycles. The SMILES string of the molecule is CCN(CC)C(=O)Nc1ccc(C(C)NC(=O)Cn2cc(C(=O)O)nn2)cc1. The van der Waals surface area contributed by atoms with Gasteiger partial charge in [0, 0.05) is 18.8 Å². The molecule has 3 N–H and O–H groups in total. The smallest absolute Gasteiger partial charge is 0.358 e. The summed E-state index contributed by atoms with van der Waals surface area (Å²) >= 11 is 0. The van der Waals surface area contributed by atoms with E-state index in [-0.39, 0.29) is 30.2 Å². The first-order valence-electron chi connectivity index (χ1n) is 8.92. The van der Waals surface area contributed by atoms with E-state index >= 15 is 0 Å². The van der Waals surface area contributed by atoms with Gasteiger partial charge in [0.1, 0.15) is 6.54 Å². The van der Waals surface area contributed by atoms with E-state index in [9.17, 15) is 14.4 Å². The molecule has 1 unspecified atom stereocenters. The fourth-order valence-corrected chi connectivity index (χ4v) is 2.56. The zero-order valence-corrected chi connectivity index (χ0v) is 16.0. The molecule has 0 bridgehead atoms. The normalized spacial score (nSPS) is 11.5. The van der Waals surface area contributed by atoms with E-state index in [2.05, 4.69) is 20.9 Å². The van der Waals surface area contributed by atoms with Crippen LogP contribution in [0.4, 0.5) is 10.5 Å². The highest BCUT2D eigenvalue weighted by Gasteiger charge is 2.14. The van der Waals surface area contributed by atoms with Gasteiger partial charge in [-0.1, -0.05) is 17.3 Å². The first kappa shape index (κ1) is 20.9. The zero-order valence-electron chi connectivity index (χ0n) is 16.0. The summed E-state index contributed by atoms with van der Waals surface area (Å²) in [6, 6.07) is 6.75. The molecule has 0 aliphatic carbocycles. The molecule has 2 aromatic rings. The number of nitrogens with one attached hydrogen (secondary N) is 2. The molecule has 0 saturated carbocycles. The average Bonchev–Trinajstić information content (AvgIpc) is 3.12. The van der Waals surface area contributed by atoms with Crippen molar-refractivity contribution in [3.8, 4) is 0 Å². The van der Waals surface area contributed by atoms with E-state index in [0.717, 1.165) is 10.2 Å². The zero-order chi connectivity index (χ0) is 20.7. The molecule has 3 amide bonds. The largest absolute Gasteiger partial charge is 0.476 e. The molecule has 0 radical (unpaired) electrons. The predicted octanol–water partition coefficient (Wildman–Crippen LogP) is 1.73. The van der Waals surface area contributed by atoms with E-state index in [0.29, 0.717) is 18.8 Å². The first-order chi connectivity index (χ1) is 13.3. The van der Waals surface area contributed by atoms with Crippen LogP contribution in [-0.4, -0.2) is 56.0 Å². The lowest BCUT2D eigenvalue weighted by atomic mass is 10.1. The van der Waals surface area contributed by atoms with E-state index in [4.69, 9.17) is 5.11 Å². The van der Waals surface area contributed by atoms with Gasteiger partial charge in [-0.25, -0.2) is 14.3 Å². The molecule has 0 aliphatic rings. The van der Waals surface area contributed by atoms with Gasteiger partial charge in [-0.2, -0.15) is 0 Å². The molecule has 0 spiro atoms. The quantitative estimate of drug-likeness (QED) is 0.631. The molecule has 1 heterocycles. The maximum atomic E-state index is 12.1. The van der Waals surface area contributed by atoms with Gasteiger partial charge in [-0.05, 0) is 38.5 Å². The van der Waals surface area contributed by atoms with Crippen molar-refractivity contribution in [1.29, 1.82) is 0 Å². The Labute approximate surface area is 162 Å². The first-order valence-corrected chi connectivity index (χ1v) is 8.92. The fraction of sp³-hybridized carbons (Fsp3) is 0.389.